The molecule has 0 spiro atoms. The van der Waals surface area contributed by atoms with E-state index in [1.165, 1.54) is 12.0 Å². The summed E-state index contributed by atoms with van der Waals surface area (Å²) in [4.78, 5) is 21.0. The van der Waals surface area contributed by atoms with Gasteiger partial charge in [0.25, 0.3) is 0 Å². The standard InChI is InChI=1S/C15H20N4O2.ClH/c1-19(15(20)12(16)10-21-2)9-14-17-8-13(18-14)11-6-4-3-5-7-11;/h3-8,12H,9-10,16H2,1-2H3,(H,17,18);1H. The lowest BCUT2D eigenvalue weighted by molar-refractivity contribution is -0.133. The van der Waals surface area contributed by atoms with Crippen LogP contribution in [-0.2, 0) is 16.1 Å². The Morgan fingerprint density at radius 1 is 1.41 bits per heavy atom. The van der Waals surface area contributed by atoms with Crippen molar-refractivity contribution < 1.29 is 9.53 Å². The molecule has 1 amide bonds. The molecule has 7 heteroatoms. The highest BCUT2D eigenvalue weighted by atomic mass is 35.5. The lowest BCUT2D eigenvalue weighted by Crippen LogP contribution is -2.44. The zero-order valence-corrected chi connectivity index (χ0v) is 13.5. The summed E-state index contributed by atoms with van der Waals surface area (Å²) in [7, 11) is 3.22. The summed E-state index contributed by atoms with van der Waals surface area (Å²) in [5.41, 5.74) is 7.71. The maximum Gasteiger partial charge on any atom is 0.242 e. The fraction of sp³-hybridized carbons (Fsp3) is 0.333. The van der Waals surface area contributed by atoms with Crippen molar-refractivity contribution in [2.75, 3.05) is 20.8 Å². The zero-order chi connectivity index (χ0) is 15.2. The van der Waals surface area contributed by atoms with Crippen LogP contribution >= 0.6 is 12.4 Å². The summed E-state index contributed by atoms with van der Waals surface area (Å²) in [6.45, 7) is 0.583. The van der Waals surface area contributed by atoms with Gasteiger partial charge in [-0.3, -0.25) is 4.79 Å². The predicted octanol–water partition coefficient (Wildman–Crippen LogP) is 1.43. The Balaban J connectivity index is 0.00000242. The molecule has 0 aliphatic carbocycles. The maximum absolute atomic E-state index is 12.0. The molecule has 0 saturated carbocycles. The molecule has 0 aliphatic heterocycles. The summed E-state index contributed by atoms with van der Waals surface area (Å²) in [5, 5.41) is 0. The van der Waals surface area contributed by atoms with Gasteiger partial charge in [-0.25, -0.2) is 4.98 Å². The average molecular weight is 325 g/mol. The second-order valence-electron chi connectivity index (χ2n) is 4.87. The summed E-state index contributed by atoms with van der Waals surface area (Å²) < 4.78 is 4.89. The molecule has 0 saturated heterocycles. The number of aromatic nitrogens is 2. The Morgan fingerprint density at radius 3 is 2.73 bits per heavy atom. The number of halogens is 1. The second-order valence-corrected chi connectivity index (χ2v) is 4.87. The van der Waals surface area contributed by atoms with Gasteiger partial charge in [-0.2, -0.15) is 0 Å². The van der Waals surface area contributed by atoms with Crippen LogP contribution in [-0.4, -0.2) is 47.6 Å². The van der Waals surface area contributed by atoms with Crippen LogP contribution in [0.25, 0.3) is 11.3 Å². The fourth-order valence-corrected chi connectivity index (χ4v) is 2.04. The third kappa shape index (κ3) is 4.56. The van der Waals surface area contributed by atoms with Crippen LogP contribution in [0, 0.1) is 0 Å². The number of hydrogen-bond donors (Lipinski definition) is 2. The van der Waals surface area contributed by atoms with Crippen LogP contribution in [0.2, 0.25) is 0 Å². The van der Waals surface area contributed by atoms with Crippen molar-refractivity contribution in [2.24, 2.45) is 5.73 Å². The van der Waals surface area contributed by atoms with Crippen molar-refractivity contribution >= 4 is 18.3 Å². The number of likely N-dealkylation sites (N-methyl/N-ethyl adjacent to an activating group) is 1. The molecule has 1 unspecified atom stereocenters. The van der Waals surface area contributed by atoms with Crippen molar-refractivity contribution in [1.29, 1.82) is 0 Å². The number of carbonyl (C=O) groups excluding carboxylic acids is 1. The molecule has 120 valence electrons. The van der Waals surface area contributed by atoms with Crippen LogP contribution in [0.3, 0.4) is 0 Å². The Labute approximate surface area is 136 Å². The predicted molar refractivity (Wildman–Crippen MR) is 87.6 cm³/mol. The Morgan fingerprint density at radius 2 is 2.09 bits per heavy atom. The van der Waals surface area contributed by atoms with Crippen molar-refractivity contribution in [2.45, 2.75) is 12.6 Å². The molecule has 0 bridgehead atoms. The molecule has 1 aromatic heterocycles. The van der Waals surface area contributed by atoms with Crippen LogP contribution in [0.1, 0.15) is 5.82 Å². The maximum atomic E-state index is 12.0. The first-order valence-corrected chi connectivity index (χ1v) is 6.70. The first-order valence-electron chi connectivity index (χ1n) is 6.70. The van der Waals surface area contributed by atoms with Gasteiger partial charge in [0.15, 0.2) is 0 Å². The number of imidazole rings is 1. The molecule has 0 fully saturated rings. The number of methoxy groups -OCH3 is 1. The lowest BCUT2D eigenvalue weighted by Gasteiger charge is -2.19. The molecule has 22 heavy (non-hydrogen) atoms. The van der Waals surface area contributed by atoms with Crippen molar-refractivity contribution in [1.82, 2.24) is 14.9 Å². The molecule has 2 rings (SSSR count). The highest BCUT2D eigenvalue weighted by Crippen LogP contribution is 2.16. The highest BCUT2D eigenvalue weighted by molar-refractivity contribution is 5.85. The van der Waals surface area contributed by atoms with Gasteiger partial charge in [-0.05, 0) is 5.56 Å². The van der Waals surface area contributed by atoms with Crippen LogP contribution in [0.15, 0.2) is 36.5 Å². The van der Waals surface area contributed by atoms with Crippen molar-refractivity contribution in [3.63, 3.8) is 0 Å². The monoisotopic (exact) mass is 324 g/mol. The SMILES string of the molecule is COCC(N)C(=O)N(C)Cc1ncc(-c2ccccc2)[nH]1.Cl. The van der Waals surface area contributed by atoms with Gasteiger partial charge < -0.3 is 20.4 Å². The molecule has 1 atom stereocenters. The number of aromatic amines is 1. The molecule has 1 aromatic carbocycles. The quantitative estimate of drug-likeness (QED) is 0.842. The molecule has 6 nitrogen and oxygen atoms in total. The van der Waals surface area contributed by atoms with E-state index in [9.17, 15) is 4.79 Å². The van der Waals surface area contributed by atoms with E-state index < -0.39 is 6.04 Å². The van der Waals surface area contributed by atoms with E-state index in [2.05, 4.69) is 9.97 Å². The fourth-order valence-electron chi connectivity index (χ4n) is 2.04. The first-order chi connectivity index (χ1) is 10.1. The number of hydrogen-bond acceptors (Lipinski definition) is 4. The summed E-state index contributed by atoms with van der Waals surface area (Å²) >= 11 is 0. The minimum absolute atomic E-state index is 0. The van der Waals surface area contributed by atoms with Gasteiger partial charge in [0, 0.05) is 14.2 Å². The molecule has 3 N–H and O–H groups in total. The Hall–Kier alpha value is -1.89. The van der Waals surface area contributed by atoms with E-state index in [0.717, 1.165) is 11.3 Å². The first kappa shape index (κ1) is 18.2. The van der Waals surface area contributed by atoms with Gasteiger partial charge in [0.1, 0.15) is 11.9 Å². The zero-order valence-electron chi connectivity index (χ0n) is 12.7. The number of amides is 1. The van der Waals surface area contributed by atoms with Crippen LogP contribution in [0.5, 0.6) is 0 Å². The smallest absolute Gasteiger partial charge is 0.242 e. The van der Waals surface area contributed by atoms with Gasteiger partial charge in [-0.15, -0.1) is 12.4 Å². The van der Waals surface area contributed by atoms with Crippen molar-refractivity contribution in [3.8, 4) is 11.3 Å². The van der Waals surface area contributed by atoms with Gasteiger partial charge in [0.2, 0.25) is 5.91 Å². The van der Waals surface area contributed by atoms with E-state index in [1.54, 1.807) is 13.2 Å². The number of nitrogens with two attached hydrogens (primary N) is 1. The third-order valence-corrected chi connectivity index (χ3v) is 3.14. The van der Waals surface area contributed by atoms with E-state index >= 15 is 0 Å². The molecule has 0 aliphatic rings. The van der Waals surface area contributed by atoms with Gasteiger partial charge in [0.05, 0.1) is 25.0 Å². The Kier molecular flexibility index (Phi) is 7.04. The number of ether oxygens (including phenoxy) is 1. The Bertz CT molecular complexity index is 588. The largest absolute Gasteiger partial charge is 0.383 e. The van der Waals surface area contributed by atoms with Crippen LogP contribution in [0.4, 0.5) is 0 Å². The topological polar surface area (TPSA) is 84.2 Å². The van der Waals surface area contributed by atoms with E-state index in [0.29, 0.717) is 12.4 Å². The van der Waals surface area contributed by atoms with E-state index in [4.69, 9.17) is 10.5 Å². The summed E-state index contributed by atoms with van der Waals surface area (Å²) in [6, 6.07) is 9.25. The number of H-pyrrole nitrogens is 1. The highest BCUT2D eigenvalue weighted by Gasteiger charge is 2.18. The van der Waals surface area contributed by atoms with Gasteiger partial charge >= 0.3 is 0 Å². The van der Waals surface area contributed by atoms with E-state index in [1.807, 2.05) is 30.3 Å². The molecular weight excluding hydrogens is 304 g/mol. The normalized spacial score (nSPS) is 11.6. The summed E-state index contributed by atoms with van der Waals surface area (Å²) in [5.74, 6) is 0.545. The number of benzene rings is 1. The number of rotatable bonds is 6. The number of carbonyl (C=O) groups is 1. The average Bonchev–Trinajstić information content (AvgIpc) is 2.96. The number of nitrogens with one attached hydrogen (secondary N) is 1. The summed E-state index contributed by atoms with van der Waals surface area (Å²) in [6.07, 6.45) is 1.76. The minimum Gasteiger partial charge on any atom is -0.383 e. The minimum atomic E-state index is -0.649. The molecular formula is C15H21ClN4O2. The van der Waals surface area contributed by atoms with Gasteiger partial charge in [-0.1, -0.05) is 30.3 Å². The van der Waals surface area contributed by atoms with Crippen LogP contribution < -0.4 is 5.73 Å². The lowest BCUT2D eigenvalue weighted by atomic mass is 10.2. The second kappa shape index (κ2) is 8.53. The third-order valence-electron chi connectivity index (χ3n) is 3.14. The number of nitrogens with zero attached hydrogens (tertiary/aromatic N) is 2. The van der Waals surface area contributed by atoms with E-state index in [-0.39, 0.29) is 24.9 Å². The van der Waals surface area contributed by atoms with Crippen molar-refractivity contribution in [3.05, 3.63) is 42.4 Å². The molecule has 1 heterocycles. The molecule has 2 aromatic rings. The molecule has 0 radical (unpaired) electrons.